The molecule has 2 rings (SSSR count). The van der Waals surface area contributed by atoms with Crippen molar-refractivity contribution in [3.05, 3.63) is 52.7 Å². The molecule has 0 atom stereocenters. The zero-order chi connectivity index (χ0) is 15.1. The van der Waals surface area contributed by atoms with E-state index in [-0.39, 0.29) is 0 Å². The molecule has 0 radical (unpaired) electrons. The van der Waals surface area contributed by atoms with Crippen LogP contribution in [0.3, 0.4) is 0 Å². The standard InChI is InChI=1S/C17H21ClN2O/c1-3-10-19-12-16-15(18)8-9-17(20-16)21-14-7-5-6-13(4-2)11-14/h5-9,11,19H,3-4,10,12H2,1-2H3. The highest BCUT2D eigenvalue weighted by Crippen LogP contribution is 2.24. The lowest BCUT2D eigenvalue weighted by atomic mass is 10.2. The van der Waals surface area contributed by atoms with Crippen LogP contribution in [0.1, 0.15) is 31.5 Å². The monoisotopic (exact) mass is 304 g/mol. The van der Waals surface area contributed by atoms with Crippen molar-refractivity contribution in [1.82, 2.24) is 10.3 Å². The van der Waals surface area contributed by atoms with E-state index in [1.165, 1.54) is 5.56 Å². The van der Waals surface area contributed by atoms with Crippen molar-refractivity contribution in [2.75, 3.05) is 6.54 Å². The van der Waals surface area contributed by atoms with Crippen LogP contribution in [-0.2, 0) is 13.0 Å². The minimum Gasteiger partial charge on any atom is -0.439 e. The molecule has 112 valence electrons. The molecule has 3 nitrogen and oxygen atoms in total. The van der Waals surface area contributed by atoms with Gasteiger partial charge >= 0.3 is 0 Å². The topological polar surface area (TPSA) is 34.2 Å². The fraction of sp³-hybridized carbons (Fsp3) is 0.353. The lowest BCUT2D eigenvalue weighted by Crippen LogP contribution is -2.15. The first kappa shape index (κ1) is 15.8. The molecule has 0 amide bonds. The first-order valence-electron chi connectivity index (χ1n) is 7.35. The Kier molecular flexibility index (Phi) is 6.03. The van der Waals surface area contributed by atoms with Crippen LogP contribution in [0.25, 0.3) is 0 Å². The van der Waals surface area contributed by atoms with E-state index >= 15 is 0 Å². The molecule has 0 spiro atoms. The molecule has 0 saturated heterocycles. The number of aromatic nitrogens is 1. The summed E-state index contributed by atoms with van der Waals surface area (Å²) in [5.74, 6) is 1.37. The molecule has 1 N–H and O–H groups in total. The number of halogens is 1. The van der Waals surface area contributed by atoms with Gasteiger partial charge in [-0.1, -0.05) is 37.6 Å². The predicted octanol–water partition coefficient (Wildman–Crippen LogP) is 4.59. The molecule has 1 aromatic carbocycles. The van der Waals surface area contributed by atoms with E-state index in [4.69, 9.17) is 16.3 Å². The second-order valence-corrected chi connectivity index (χ2v) is 5.27. The van der Waals surface area contributed by atoms with Crippen LogP contribution in [-0.4, -0.2) is 11.5 Å². The summed E-state index contributed by atoms with van der Waals surface area (Å²) in [6, 6.07) is 11.7. The van der Waals surface area contributed by atoms with Crippen LogP contribution < -0.4 is 10.1 Å². The lowest BCUT2D eigenvalue weighted by molar-refractivity contribution is 0.459. The second-order valence-electron chi connectivity index (χ2n) is 4.86. The van der Waals surface area contributed by atoms with E-state index in [1.807, 2.05) is 24.3 Å². The Labute approximate surface area is 131 Å². The molecule has 0 saturated carbocycles. The summed E-state index contributed by atoms with van der Waals surface area (Å²) in [6.45, 7) is 5.85. The van der Waals surface area contributed by atoms with Crippen LogP contribution in [0.15, 0.2) is 36.4 Å². The van der Waals surface area contributed by atoms with E-state index in [0.29, 0.717) is 17.4 Å². The Hall–Kier alpha value is -1.58. The average Bonchev–Trinajstić information content (AvgIpc) is 2.51. The lowest BCUT2D eigenvalue weighted by Gasteiger charge is -2.09. The zero-order valence-corrected chi connectivity index (χ0v) is 13.3. The first-order valence-corrected chi connectivity index (χ1v) is 7.73. The third kappa shape index (κ3) is 4.73. The van der Waals surface area contributed by atoms with Crippen molar-refractivity contribution in [2.45, 2.75) is 33.2 Å². The molecule has 4 heteroatoms. The Bertz CT molecular complexity index is 587. The number of ether oxygens (including phenoxy) is 1. The molecule has 0 aliphatic rings. The van der Waals surface area contributed by atoms with E-state index in [9.17, 15) is 0 Å². The van der Waals surface area contributed by atoms with E-state index < -0.39 is 0 Å². The number of nitrogens with one attached hydrogen (secondary N) is 1. The maximum atomic E-state index is 6.17. The Balaban J connectivity index is 2.10. The minimum atomic E-state index is 0.570. The number of hydrogen-bond acceptors (Lipinski definition) is 3. The van der Waals surface area contributed by atoms with Crippen molar-refractivity contribution in [3.63, 3.8) is 0 Å². The molecular formula is C17H21ClN2O. The largest absolute Gasteiger partial charge is 0.439 e. The van der Waals surface area contributed by atoms with Gasteiger partial charge < -0.3 is 10.1 Å². The van der Waals surface area contributed by atoms with Gasteiger partial charge in [-0.25, -0.2) is 4.98 Å². The number of nitrogens with zero attached hydrogens (tertiary/aromatic N) is 1. The van der Waals surface area contributed by atoms with Gasteiger partial charge in [0, 0.05) is 12.6 Å². The van der Waals surface area contributed by atoms with Crippen LogP contribution in [0.4, 0.5) is 0 Å². The van der Waals surface area contributed by atoms with E-state index in [0.717, 1.165) is 30.8 Å². The quantitative estimate of drug-likeness (QED) is 0.760. The zero-order valence-electron chi connectivity index (χ0n) is 12.5. The van der Waals surface area contributed by atoms with Gasteiger partial charge in [0.2, 0.25) is 5.88 Å². The van der Waals surface area contributed by atoms with Crippen molar-refractivity contribution in [1.29, 1.82) is 0 Å². The molecule has 0 aliphatic heterocycles. The van der Waals surface area contributed by atoms with Gasteiger partial charge in [0.25, 0.3) is 0 Å². The van der Waals surface area contributed by atoms with Crippen LogP contribution >= 0.6 is 11.6 Å². The van der Waals surface area contributed by atoms with Crippen molar-refractivity contribution in [2.24, 2.45) is 0 Å². The maximum Gasteiger partial charge on any atom is 0.219 e. The fourth-order valence-electron chi connectivity index (χ4n) is 1.98. The normalized spacial score (nSPS) is 10.6. The van der Waals surface area contributed by atoms with Gasteiger partial charge in [-0.3, -0.25) is 0 Å². The summed E-state index contributed by atoms with van der Waals surface area (Å²) in [4.78, 5) is 4.48. The van der Waals surface area contributed by atoms with Gasteiger partial charge in [-0.15, -0.1) is 0 Å². The molecule has 1 heterocycles. The highest BCUT2D eigenvalue weighted by atomic mass is 35.5. The molecule has 0 fully saturated rings. The van der Waals surface area contributed by atoms with Crippen molar-refractivity contribution >= 4 is 11.6 Å². The first-order chi connectivity index (χ1) is 10.2. The Morgan fingerprint density at radius 1 is 1.19 bits per heavy atom. The van der Waals surface area contributed by atoms with E-state index in [2.05, 4.69) is 30.2 Å². The minimum absolute atomic E-state index is 0.570. The molecule has 0 bridgehead atoms. The summed E-state index contributed by atoms with van der Waals surface area (Å²) in [7, 11) is 0. The second kappa shape index (κ2) is 8.01. The smallest absolute Gasteiger partial charge is 0.219 e. The highest BCUT2D eigenvalue weighted by molar-refractivity contribution is 6.31. The summed E-state index contributed by atoms with van der Waals surface area (Å²) < 4.78 is 5.83. The summed E-state index contributed by atoms with van der Waals surface area (Å²) in [6.07, 6.45) is 2.06. The van der Waals surface area contributed by atoms with Crippen LogP contribution in [0, 0.1) is 0 Å². The average molecular weight is 305 g/mol. The van der Waals surface area contributed by atoms with Crippen LogP contribution in [0.2, 0.25) is 5.02 Å². The predicted molar refractivity (Wildman–Crippen MR) is 87.1 cm³/mol. The van der Waals surface area contributed by atoms with Gasteiger partial charge in [-0.2, -0.15) is 0 Å². The van der Waals surface area contributed by atoms with Crippen LogP contribution in [0.5, 0.6) is 11.6 Å². The number of benzene rings is 1. The van der Waals surface area contributed by atoms with E-state index in [1.54, 1.807) is 6.07 Å². The fourth-order valence-corrected chi connectivity index (χ4v) is 2.15. The van der Waals surface area contributed by atoms with Crippen molar-refractivity contribution in [3.8, 4) is 11.6 Å². The number of rotatable bonds is 7. The van der Waals surface area contributed by atoms with Gasteiger partial charge in [0.05, 0.1) is 10.7 Å². The highest BCUT2D eigenvalue weighted by Gasteiger charge is 2.06. The number of aryl methyl sites for hydroxylation is 1. The summed E-state index contributed by atoms with van der Waals surface area (Å²) in [5.41, 5.74) is 2.06. The molecule has 0 unspecified atom stereocenters. The molecule has 21 heavy (non-hydrogen) atoms. The molecule has 2 aromatic rings. The van der Waals surface area contributed by atoms with Crippen molar-refractivity contribution < 1.29 is 4.74 Å². The summed E-state index contributed by atoms with van der Waals surface area (Å²) in [5, 5.41) is 3.96. The number of hydrogen-bond donors (Lipinski definition) is 1. The van der Waals surface area contributed by atoms with Gasteiger partial charge in [0.15, 0.2) is 0 Å². The van der Waals surface area contributed by atoms with Gasteiger partial charge in [0.1, 0.15) is 5.75 Å². The Morgan fingerprint density at radius 2 is 2.05 bits per heavy atom. The molecule has 1 aromatic heterocycles. The molecule has 0 aliphatic carbocycles. The Morgan fingerprint density at radius 3 is 2.81 bits per heavy atom. The summed E-state index contributed by atoms with van der Waals surface area (Å²) >= 11 is 6.17. The third-order valence-electron chi connectivity index (χ3n) is 3.14. The molecular weight excluding hydrogens is 284 g/mol. The van der Waals surface area contributed by atoms with Gasteiger partial charge in [-0.05, 0) is 43.1 Å². The SMILES string of the molecule is CCCNCc1nc(Oc2cccc(CC)c2)ccc1Cl. The maximum absolute atomic E-state index is 6.17. The number of pyridine rings is 1. The third-order valence-corrected chi connectivity index (χ3v) is 3.49.